The first-order chi connectivity index (χ1) is 11.8. The summed E-state index contributed by atoms with van der Waals surface area (Å²) < 4.78 is 0. The third-order valence-electron chi connectivity index (χ3n) is 5.50. The Morgan fingerprint density at radius 1 is 1.12 bits per heavy atom. The van der Waals surface area contributed by atoms with E-state index in [1.54, 1.807) is 0 Å². The number of carbonyl (C=O) groups is 1. The van der Waals surface area contributed by atoms with Crippen LogP contribution in [-0.4, -0.2) is 43.0 Å². The van der Waals surface area contributed by atoms with E-state index in [-0.39, 0.29) is 30.7 Å². The zero-order chi connectivity index (χ0) is 16.6. The molecule has 1 atom stereocenters. The summed E-state index contributed by atoms with van der Waals surface area (Å²) in [6.07, 6.45) is 6.62. The van der Waals surface area contributed by atoms with E-state index in [0.29, 0.717) is 12.5 Å². The summed E-state index contributed by atoms with van der Waals surface area (Å²) in [5, 5.41) is 6.57. The number of carbonyl (C=O) groups excluding carboxylic acids is 1. The fourth-order valence-corrected chi connectivity index (χ4v) is 3.98. The Morgan fingerprint density at radius 3 is 2.58 bits per heavy atom. The molecule has 3 rings (SSSR count). The molecule has 2 heterocycles. The maximum atomic E-state index is 12.2. The van der Waals surface area contributed by atoms with Crippen LogP contribution in [0.1, 0.15) is 44.1 Å². The lowest BCUT2D eigenvalue weighted by Crippen LogP contribution is -2.40. The Hall–Kier alpha value is -0.810. The van der Waals surface area contributed by atoms with Gasteiger partial charge in [0.1, 0.15) is 0 Å². The highest BCUT2D eigenvalue weighted by atomic mass is 35.5. The summed E-state index contributed by atoms with van der Waals surface area (Å²) in [6.45, 7) is 5.17. The van der Waals surface area contributed by atoms with Gasteiger partial charge in [0.05, 0.1) is 0 Å². The first-order valence-electron chi connectivity index (χ1n) is 9.56. The number of amides is 1. The van der Waals surface area contributed by atoms with Gasteiger partial charge in [0.2, 0.25) is 5.91 Å². The Kier molecular flexibility index (Phi) is 11.2. The number of likely N-dealkylation sites (tertiary alicyclic amines) is 1. The molecule has 1 amide bonds. The normalized spacial score (nSPS) is 20.8. The number of hydrogen-bond acceptors (Lipinski definition) is 3. The van der Waals surface area contributed by atoms with Crippen LogP contribution in [0.15, 0.2) is 30.3 Å². The summed E-state index contributed by atoms with van der Waals surface area (Å²) in [6, 6.07) is 11.1. The number of piperidine rings is 1. The van der Waals surface area contributed by atoms with Gasteiger partial charge < -0.3 is 10.6 Å². The fraction of sp³-hybridized carbons (Fsp3) is 0.650. The molecule has 0 aromatic heterocycles. The third-order valence-corrected chi connectivity index (χ3v) is 5.50. The zero-order valence-corrected chi connectivity index (χ0v) is 17.1. The lowest BCUT2D eigenvalue weighted by Gasteiger charge is -2.25. The van der Waals surface area contributed by atoms with Crippen molar-refractivity contribution in [3.8, 4) is 0 Å². The number of nitrogens with one attached hydrogen (secondary N) is 2. The van der Waals surface area contributed by atoms with Crippen LogP contribution in [0.4, 0.5) is 0 Å². The topological polar surface area (TPSA) is 44.4 Å². The lowest BCUT2D eigenvalue weighted by atomic mass is 9.93. The van der Waals surface area contributed by atoms with Gasteiger partial charge in [-0.15, -0.1) is 24.8 Å². The van der Waals surface area contributed by atoms with E-state index in [0.717, 1.165) is 45.1 Å². The molecule has 2 aliphatic rings. The van der Waals surface area contributed by atoms with Crippen molar-refractivity contribution in [2.24, 2.45) is 5.92 Å². The van der Waals surface area contributed by atoms with Crippen molar-refractivity contribution >= 4 is 30.7 Å². The minimum atomic E-state index is 0. The molecule has 0 bridgehead atoms. The van der Waals surface area contributed by atoms with E-state index in [2.05, 4.69) is 45.9 Å². The first-order valence-corrected chi connectivity index (χ1v) is 9.56. The average molecular weight is 402 g/mol. The van der Waals surface area contributed by atoms with Gasteiger partial charge in [0.25, 0.3) is 0 Å². The summed E-state index contributed by atoms with van der Waals surface area (Å²) >= 11 is 0. The van der Waals surface area contributed by atoms with Gasteiger partial charge in [-0.2, -0.15) is 0 Å². The van der Waals surface area contributed by atoms with Gasteiger partial charge in [-0.25, -0.2) is 0 Å². The van der Waals surface area contributed by atoms with Crippen molar-refractivity contribution in [1.82, 2.24) is 15.5 Å². The summed E-state index contributed by atoms with van der Waals surface area (Å²) in [5.41, 5.74) is 1.36. The molecule has 1 aromatic rings. The summed E-state index contributed by atoms with van der Waals surface area (Å²) in [4.78, 5) is 14.7. The SMILES string of the molecule is Cl.Cl.O=C(CCC1CCNCC1)NCC1CCCN1Cc1ccccc1. The van der Waals surface area contributed by atoms with Gasteiger partial charge >= 0.3 is 0 Å². The number of nitrogens with zero attached hydrogens (tertiary/aromatic N) is 1. The molecule has 1 aromatic carbocycles. The second-order valence-corrected chi connectivity index (χ2v) is 7.29. The highest BCUT2D eigenvalue weighted by Gasteiger charge is 2.24. The Morgan fingerprint density at radius 2 is 1.85 bits per heavy atom. The Labute approximate surface area is 170 Å². The summed E-state index contributed by atoms with van der Waals surface area (Å²) in [5.74, 6) is 0.971. The Bertz CT molecular complexity index is 509. The van der Waals surface area contributed by atoms with Crippen LogP contribution in [0.2, 0.25) is 0 Å². The van der Waals surface area contributed by atoms with E-state index >= 15 is 0 Å². The molecule has 2 fully saturated rings. The fourth-order valence-electron chi connectivity index (χ4n) is 3.98. The van der Waals surface area contributed by atoms with Crippen LogP contribution in [0.25, 0.3) is 0 Å². The molecule has 0 spiro atoms. The second kappa shape index (κ2) is 12.6. The molecule has 2 saturated heterocycles. The zero-order valence-electron chi connectivity index (χ0n) is 15.5. The van der Waals surface area contributed by atoms with Crippen molar-refractivity contribution in [3.05, 3.63) is 35.9 Å². The highest BCUT2D eigenvalue weighted by molar-refractivity contribution is 5.85. The Balaban J connectivity index is 0.00000169. The second-order valence-electron chi connectivity index (χ2n) is 7.29. The van der Waals surface area contributed by atoms with Crippen LogP contribution in [0.3, 0.4) is 0 Å². The van der Waals surface area contributed by atoms with Gasteiger partial charge in [0, 0.05) is 25.6 Å². The number of hydrogen-bond donors (Lipinski definition) is 2. The minimum Gasteiger partial charge on any atom is -0.355 e. The van der Waals surface area contributed by atoms with E-state index in [1.807, 2.05) is 0 Å². The molecule has 2 N–H and O–H groups in total. The molecule has 4 nitrogen and oxygen atoms in total. The van der Waals surface area contributed by atoms with Crippen molar-refractivity contribution in [2.45, 2.75) is 51.1 Å². The molecule has 26 heavy (non-hydrogen) atoms. The standard InChI is InChI=1S/C20H31N3O.2ClH/c24-20(9-8-17-10-12-21-13-11-17)22-15-19-7-4-14-23(19)16-18-5-2-1-3-6-18;;/h1-3,5-6,17,19,21H,4,7-16H2,(H,22,24);2*1H. The van der Waals surface area contributed by atoms with Gasteiger partial charge in [-0.1, -0.05) is 30.3 Å². The first kappa shape index (κ1) is 23.2. The molecular weight excluding hydrogens is 369 g/mol. The number of halogens is 2. The predicted molar refractivity (Wildman–Crippen MR) is 112 cm³/mol. The maximum absolute atomic E-state index is 12.2. The minimum absolute atomic E-state index is 0. The molecule has 148 valence electrons. The van der Waals surface area contributed by atoms with Crippen molar-refractivity contribution < 1.29 is 4.79 Å². The highest BCUT2D eigenvalue weighted by Crippen LogP contribution is 2.20. The van der Waals surface area contributed by atoms with E-state index in [9.17, 15) is 4.79 Å². The maximum Gasteiger partial charge on any atom is 0.220 e. The van der Waals surface area contributed by atoms with Crippen molar-refractivity contribution in [2.75, 3.05) is 26.2 Å². The predicted octanol–water partition coefficient (Wildman–Crippen LogP) is 3.39. The number of rotatable bonds is 7. The molecule has 0 saturated carbocycles. The molecule has 2 aliphatic heterocycles. The molecular formula is C20H33Cl2N3O. The molecule has 0 radical (unpaired) electrons. The van der Waals surface area contributed by atoms with E-state index in [1.165, 1.54) is 31.2 Å². The van der Waals surface area contributed by atoms with Gasteiger partial charge in [-0.3, -0.25) is 9.69 Å². The van der Waals surface area contributed by atoms with Crippen LogP contribution >= 0.6 is 24.8 Å². The van der Waals surface area contributed by atoms with Crippen LogP contribution in [-0.2, 0) is 11.3 Å². The molecule has 1 unspecified atom stereocenters. The van der Waals surface area contributed by atoms with Crippen LogP contribution in [0, 0.1) is 5.92 Å². The van der Waals surface area contributed by atoms with Crippen molar-refractivity contribution in [3.63, 3.8) is 0 Å². The number of benzene rings is 1. The summed E-state index contributed by atoms with van der Waals surface area (Å²) in [7, 11) is 0. The molecule has 0 aliphatic carbocycles. The lowest BCUT2D eigenvalue weighted by molar-refractivity contribution is -0.121. The van der Waals surface area contributed by atoms with E-state index in [4.69, 9.17) is 0 Å². The van der Waals surface area contributed by atoms with Crippen LogP contribution in [0.5, 0.6) is 0 Å². The average Bonchev–Trinajstić information content (AvgIpc) is 3.07. The third kappa shape index (κ3) is 7.43. The van der Waals surface area contributed by atoms with Crippen molar-refractivity contribution in [1.29, 1.82) is 0 Å². The monoisotopic (exact) mass is 401 g/mol. The van der Waals surface area contributed by atoms with Gasteiger partial charge in [0.15, 0.2) is 0 Å². The molecule has 6 heteroatoms. The van der Waals surface area contributed by atoms with Gasteiger partial charge in [-0.05, 0) is 63.2 Å². The largest absolute Gasteiger partial charge is 0.355 e. The van der Waals surface area contributed by atoms with E-state index < -0.39 is 0 Å². The quantitative estimate of drug-likeness (QED) is 0.735. The van der Waals surface area contributed by atoms with Crippen LogP contribution < -0.4 is 10.6 Å². The smallest absolute Gasteiger partial charge is 0.220 e.